The molecule has 0 saturated carbocycles. The third kappa shape index (κ3) is 7.49. The molecular weight excluding hydrogens is 547 g/mol. The van der Waals surface area contributed by atoms with E-state index in [0.29, 0.717) is 37.5 Å². The Balaban J connectivity index is 1.58. The smallest absolute Gasteiger partial charge is 0.246 e. The van der Waals surface area contributed by atoms with E-state index in [0.717, 1.165) is 24.0 Å². The van der Waals surface area contributed by atoms with Crippen LogP contribution < -0.4 is 26.5 Å². The number of thiocarbonyl (C=S) groups is 1. The lowest BCUT2D eigenvalue weighted by Gasteiger charge is -2.33. The summed E-state index contributed by atoms with van der Waals surface area (Å²) in [5, 5.41) is 15.5. The largest absolute Gasteiger partial charge is 0.363 e. The second-order valence-corrected chi connectivity index (χ2v) is 11.4. The predicted molar refractivity (Wildman–Crippen MR) is 168 cm³/mol. The lowest BCUT2D eigenvalue weighted by molar-refractivity contribution is -0.143. The van der Waals surface area contributed by atoms with E-state index in [1.165, 1.54) is 0 Å². The van der Waals surface area contributed by atoms with Crippen LogP contribution in [0.5, 0.6) is 0 Å². The maximum absolute atomic E-state index is 14.3. The molecule has 0 bridgehead atoms. The van der Waals surface area contributed by atoms with Gasteiger partial charge in [0.1, 0.15) is 12.1 Å². The highest BCUT2D eigenvalue weighted by Crippen LogP contribution is 2.35. The van der Waals surface area contributed by atoms with Gasteiger partial charge in [-0.3, -0.25) is 14.4 Å². The highest BCUT2D eigenvalue weighted by Gasteiger charge is 2.48. The van der Waals surface area contributed by atoms with Gasteiger partial charge in [-0.25, -0.2) is 0 Å². The molecule has 0 aromatic heterocycles. The molecule has 0 spiro atoms. The summed E-state index contributed by atoms with van der Waals surface area (Å²) in [6.07, 6.45) is 3.18. The number of hydrogen-bond acceptors (Lipinski definition) is 5. The van der Waals surface area contributed by atoms with E-state index in [2.05, 4.69) is 26.5 Å². The van der Waals surface area contributed by atoms with Crippen LogP contribution in [0.1, 0.15) is 63.1 Å². The fraction of sp³-hybridized carbons (Fsp3) is 0.484. The molecule has 5 atom stereocenters. The Morgan fingerprint density at radius 3 is 2.14 bits per heavy atom. The van der Waals surface area contributed by atoms with E-state index >= 15 is 0 Å². The van der Waals surface area contributed by atoms with Crippen LogP contribution in [0.25, 0.3) is 0 Å². The molecule has 2 fully saturated rings. The minimum atomic E-state index is -0.825. The normalized spacial score (nSPS) is 22.5. The Kier molecular flexibility index (Phi) is 11.4. The molecule has 222 valence electrons. The summed E-state index contributed by atoms with van der Waals surface area (Å²) in [6, 6.07) is 17.1. The summed E-state index contributed by atoms with van der Waals surface area (Å²) >= 11 is 5.36. The molecule has 2 radical (unpaired) electrons. The van der Waals surface area contributed by atoms with Crippen molar-refractivity contribution in [3.63, 3.8) is 0 Å². The van der Waals surface area contributed by atoms with Crippen LogP contribution in [0.15, 0.2) is 60.7 Å². The van der Waals surface area contributed by atoms with Crippen molar-refractivity contribution in [2.24, 2.45) is 5.92 Å². The van der Waals surface area contributed by atoms with E-state index < -0.39 is 18.1 Å². The highest BCUT2D eigenvalue weighted by molar-refractivity contribution is 7.80. The van der Waals surface area contributed by atoms with Gasteiger partial charge in [0.2, 0.25) is 17.7 Å². The summed E-state index contributed by atoms with van der Waals surface area (Å²) in [5.74, 6) is -1.00. The Morgan fingerprint density at radius 2 is 1.57 bits per heavy atom. The van der Waals surface area contributed by atoms with E-state index in [-0.39, 0.29) is 35.7 Å². The predicted octanol–water partition coefficient (Wildman–Crippen LogP) is 2.08. The van der Waals surface area contributed by atoms with E-state index in [1.54, 1.807) is 4.90 Å². The number of nitrogens with zero attached hydrogens (tertiary/aromatic N) is 1. The van der Waals surface area contributed by atoms with Gasteiger partial charge >= 0.3 is 0 Å². The van der Waals surface area contributed by atoms with Crippen molar-refractivity contribution in [3.05, 3.63) is 71.8 Å². The molecule has 4 rings (SSSR count). The van der Waals surface area contributed by atoms with E-state index in [4.69, 9.17) is 20.2 Å². The van der Waals surface area contributed by atoms with Crippen LogP contribution in [-0.4, -0.2) is 73.0 Å². The minimum Gasteiger partial charge on any atom is -0.363 e. The van der Waals surface area contributed by atoms with Gasteiger partial charge in [-0.15, -0.1) is 0 Å². The molecule has 11 heteroatoms. The van der Waals surface area contributed by atoms with Gasteiger partial charge in [-0.1, -0.05) is 67.6 Å². The summed E-state index contributed by atoms with van der Waals surface area (Å²) in [6.45, 7) is 4.89. The molecule has 42 heavy (non-hydrogen) atoms. The van der Waals surface area contributed by atoms with Crippen LogP contribution in [0.3, 0.4) is 0 Å². The first-order valence-corrected chi connectivity index (χ1v) is 15.3. The number of rotatable bonds is 11. The zero-order valence-corrected chi connectivity index (χ0v) is 25.2. The van der Waals surface area contributed by atoms with Crippen molar-refractivity contribution in [2.75, 3.05) is 13.1 Å². The average Bonchev–Trinajstić information content (AvgIpc) is 3.39. The standard InChI is InChI=1S/C31H41BN6O3S/c1-3-24(37-32)28(39)36-27-22(19-34-31(42)33-4-2)15-16-23-17-18-25(38(23)30(27)41)29(40)35-26(20-11-7-5-8-12-20)21-13-9-6-10-14-21/h5-14,22-27,37H,3-4,15-19H2,1-2H3,(H,35,40)(H,36,39)(H2,33,34,42)/t22-,23+,24+,25+,27+/m1/s1. The fourth-order valence-corrected chi connectivity index (χ4v) is 6.29. The molecule has 3 amide bonds. The maximum Gasteiger partial charge on any atom is 0.246 e. The van der Waals surface area contributed by atoms with Crippen molar-refractivity contribution < 1.29 is 14.4 Å². The van der Waals surface area contributed by atoms with Crippen LogP contribution in [-0.2, 0) is 14.4 Å². The molecule has 2 aliphatic rings. The van der Waals surface area contributed by atoms with Gasteiger partial charge in [-0.05, 0) is 62.4 Å². The van der Waals surface area contributed by atoms with Crippen LogP contribution in [0, 0.1) is 5.92 Å². The summed E-state index contributed by atoms with van der Waals surface area (Å²) in [5.41, 5.74) is 1.92. The topological polar surface area (TPSA) is 115 Å². The third-order valence-corrected chi connectivity index (χ3v) is 8.59. The first-order valence-electron chi connectivity index (χ1n) is 14.9. The van der Waals surface area contributed by atoms with Gasteiger partial charge in [0.25, 0.3) is 0 Å². The van der Waals surface area contributed by atoms with Gasteiger partial charge in [0.15, 0.2) is 13.1 Å². The second-order valence-electron chi connectivity index (χ2n) is 10.9. The number of amides is 3. The maximum atomic E-state index is 14.3. The quantitative estimate of drug-likeness (QED) is 0.202. The van der Waals surface area contributed by atoms with Crippen LogP contribution in [0.2, 0.25) is 0 Å². The molecule has 5 N–H and O–H groups in total. The minimum absolute atomic E-state index is 0.0834. The van der Waals surface area contributed by atoms with Crippen molar-refractivity contribution >= 4 is 43.0 Å². The summed E-state index contributed by atoms with van der Waals surface area (Å²) < 4.78 is 0. The molecule has 0 aliphatic carbocycles. The van der Waals surface area contributed by atoms with E-state index in [1.807, 2.05) is 74.5 Å². The monoisotopic (exact) mass is 588 g/mol. The molecular formula is C31H41BN6O3S. The fourth-order valence-electron chi connectivity index (χ4n) is 6.06. The third-order valence-electron chi connectivity index (χ3n) is 8.31. The van der Waals surface area contributed by atoms with Gasteiger partial charge in [0, 0.05) is 25.0 Å². The number of carbonyl (C=O) groups excluding carboxylic acids is 3. The number of hydrogen-bond donors (Lipinski definition) is 5. The second kappa shape index (κ2) is 15.2. The van der Waals surface area contributed by atoms with E-state index in [9.17, 15) is 14.4 Å². The van der Waals surface area contributed by atoms with Crippen molar-refractivity contribution in [2.45, 2.75) is 76.2 Å². The highest BCUT2D eigenvalue weighted by atomic mass is 32.1. The molecule has 2 aromatic rings. The van der Waals surface area contributed by atoms with Crippen molar-refractivity contribution in [3.8, 4) is 0 Å². The number of nitrogens with one attached hydrogen (secondary N) is 5. The van der Waals surface area contributed by atoms with Gasteiger partial charge < -0.3 is 31.4 Å². The molecule has 2 aliphatic heterocycles. The van der Waals surface area contributed by atoms with Gasteiger partial charge in [0.05, 0.1) is 12.1 Å². The lowest BCUT2D eigenvalue weighted by atomic mass is 9.92. The zero-order chi connectivity index (χ0) is 30.1. The van der Waals surface area contributed by atoms with Crippen LogP contribution in [0.4, 0.5) is 0 Å². The summed E-state index contributed by atoms with van der Waals surface area (Å²) in [7, 11) is 5.61. The molecule has 2 heterocycles. The molecule has 9 nitrogen and oxygen atoms in total. The summed E-state index contributed by atoms with van der Waals surface area (Å²) in [4.78, 5) is 43.1. The Labute approximate surface area is 255 Å². The number of benzene rings is 2. The molecule has 2 aromatic carbocycles. The first-order chi connectivity index (χ1) is 20.4. The first kappa shape index (κ1) is 31.5. The van der Waals surface area contributed by atoms with Crippen molar-refractivity contribution in [1.29, 1.82) is 0 Å². The molecule has 0 unspecified atom stereocenters. The molecule has 2 saturated heterocycles. The van der Waals surface area contributed by atoms with Crippen molar-refractivity contribution in [1.82, 2.24) is 31.4 Å². The SMILES string of the molecule is [B]N[C@@H](CC)C(=O)N[C@@H]1C(=O)N2[C@@H](CC[C@@H]1CNC(=S)NCC)CC[C@H]2C(=O)NC(c1ccccc1)c1ccccc1. The Bertz CT molecular complexity index is 1180. The Hall–Kier alpha value is -3.44. The lowest BCUT2D eigenvalue weighted by Crippen LogP contribution is -2.59. The van der Waals surface area contributed by atoms with Gasteiger partial charge in [-0.2, -0.15) is 0 Å². The van der Waals surface area contributed by atoms with Crippen LogP contribution >= 0.6 is 12.2 Å². The zero-order valence-electron chi connectivity index (χ0n) is 24.3. The Morgan fingerprint density at radius 1 is 0.952 bits per heavy atom. The number of fused-ring (bicyclic) bond motifs is 1. The average molecular weight is 589 g/mol. The number of carbonyl (C=O) groups is 3.